The van der Waals surface area contributed by atoms with Crippen molar-refractivity contribution in [2.75, 3.05) is 0 Å². The summed E-state index contributed by atoms with van der Waals surface area (Å²) in [5.74, 6) is 0. The van der Waals surface area contributed by atoms with Crippen molar-refractivity contribution in [2.24, 2.45) is 0 Å². The van der Waals surface area contributed by atoms with E-state index in [9.17, 15) is 0 Å². The predicted molar refractivity (Wildman–Crippen MR) is 85.4 cm³/mol. The third-order valence-corrected chi connectivity index (χ3v) is 37.5. The Morgan fingerprint density at radius 1 is 1.50 bits per heavy atom. The molecule has 0 bridgehead atoms. The summed E-state index contributed by atoms with van der Waals surface area (Å²) in [6, 6.07) is 0. The maximum Gasteiger partial charge on any atom is 0.0958 e. The molecule has 0 aliphatic rings. The normalized spacial score (nSPS) is 20.8. The van der Waals surface area contributed by atoms with Gasteiger partial charge in [0.05, 0.1) is 20.6 Å². The summed E-state index contributed by atoms with van der Waals surface area (Å²) in [6.45, 7) is 5.07. The highest BCUT2D eigenvalue weighted by molar-refractivity contribution is 8.93. The number of rotatable bonds is 6. The van der Waals surface area contributed by atoms with Gasteiger partial charge in [0, 0.05) is 7.30 Å². The lowest BCUT2D eigenvalue weighted by molar-refractivity contribution is 0.785. The van der Waals surface area contributed by atoms with Gasteiger partial charge in [-0.05, 0) is 21.3 Å². The van der Waals surface area contributed by atoms with Gasteiger partial charge in [-0.15, -0.1) is 8.93 Å². The van der Waals surface area contributed by atoms with Gasteiger partial charge in [0.25, 0.3) is 0 Å². The lowest BCUT2D eigenvalue weighted by Gasteiger charge is -2.19. The Morgan fingerprint density at radius 3 is 2.42 bits per heavy atom. The molecule has 7 heteroatoms. The zero-order valence-electron chi connectivity index (χ0n) is 7.67. The highest BCUT2D eigenvalue weighted by Crippen LogP contribution is 2.94. The first-order valence-corrected chi connectivity index (χ1v) is 16.9. The molecule has 8 atom stereocenters. The molecular formula is C5H20P7+. The third kappa shape index (κ3) is 5.79. The van der Waals surface area contributed by atoms with Gasteiger partial charge in [-0.3, -0.25) is 0 Å². The Kier molecular flexibility index (Phi) is 11.6. The smallest absolute Gasteiger partial charge is 0.0958 e. The van der Waals surface area contributed by atoms with Crippen LogP contribution in [0.4, 0.5) is 0 Å². The monoisotopic (exact) mass is 297 g/mol. The molecule has 0 heterocycles. The predicted octanol–water partition coefficient (Wildman–Crippen LogP) is 5.34. The van der Waals surface area contributed by atoms with Gasteiger partial charge >= 0.3 is 0 Å². The molecule has 0 saturated heterocycles. The highest BCUT2D eigenvalue weighted by Gasteiger charge is 2.28. The van der Waals surface area contributed by atoms with Gasteiger partial charge < -0.3 is 0 Å². The third-order valence-electron chi connectivity index (χ3n) is 1.73. The molecule has 0 spiro atoms. The topological polar surface area (TPSA) is 0 Å². The van der Waals surface area contributed by atoms with Crippen LogP contribution < -0.4 is 0 Å². The van der Waals surface area contributed by atoms with E-state index in [1.165, 1.54) is 12.8 Å². The molecular weight excluding hydrogens is 277 g/mol. The molecule has 0 aromatic carbocycles. The van der Waals surface area contributed by atoms with Crippen LogP contribution in [-0.2, 0) is 0 Å². The molecule has 0 rings (SSSR count). The van der Waals surface area contributed by atoms with Crippen LogP contribution in [0.15, 0.2) is 0 Å². The summed E-state index contributed by atoms with van der Waals surface area (Å²) in [6.07, 6.45) is 2.80. The Bertz CT molecular complexity index is 108. The Hall–Kier alpha value is 3.01. The molecule has 0 aromatic rings. The zero-order chi connectivity index (χ0) is 9.56. The van der Waals surface area contributed by atoms with E-state index in [0.717, 1.165) is 21.6 Å². The van der Waals surface area contributed by atoms with Crippen molar-refractivity contribution in [3.63, 3.8) is 0 Å². The summed E-state index contributed by atoms with van der Waals surface area (Å²) in [7, 11) is 11.2. The SMILES string of the molecule is CCCC(C)[PH+](PP)P(P)PP. The molecule has 0 aliphatic carbocycles. The van der Waals surface area contributed by atoms with E-state index < -0.39 is 0 Å². The molecule has 74 valence electrons. The number of hydrogen-bond donors (Lipinski definition) is 0. The standard InChI is InChI=1S/C5H19P7/c1-3-4-5(2)11(9-6)12(8)10-7/h5,9-10H,3-4,6-8H2,1-2H3/p+1. The minimum absolute atomic E-state index is 0.0428. The first-order chi connectivity index (χ1) is 5.67. The van der Waals surface area contributed by atoms with Crippen LogP contribution >= 0.6 is 57.0 Å². The second kappa shape index (κ2) is 9.25. The molecule has 8 unspecified atom stereocenters. The molecule has 0 saturated carbocycles. The molecule has 0 N–H and O–H groups in total. The van der Waals surface area contributed by atoms with Gasteiger partial charge in [-0.2, -0.15) is 0 Å². The van der Waals surface area contributed by atoms with Crippen LogP contribution in [0.1, 0.15) is 26.7 Å². The van der Waals surface area contributed by atoms with Gasteiger partial charge in [0.15, 0.2) is 0 Å². The van der Waals surface area contributed by atoms with Crippen molar-refractivity contribution in [2.45, 2.75) is 32.3 Å². The lowest BCUT2D eigenvalue weighted by Crippen LogP contribution is -1.92. The van der Waals surface area contributed by atoms with Gasteiger partial charge in [-0.1, -0.05) is 31.2 Å². The van der Waals surface area contributed by atoms with Crippen LogP contribution in [0.5, 0.6) is 0 Å². The van der Waals surface area contributed by atoms with Crippen LogP contribution in [-0.4, -0.2) is 5.66 Å². The van der Waals surface area contributed by atoms with Gasteiger partial charge in [0.1, 0.15) is 0 Å². The highest BCUT2D eigenvalue weighted by atomic mass is 33.0. The average Bonchev–Trinajstić information content (AvgIpc) is 2.06. The number of hydrogen-bond acceptors (Lipinski definition) is 0. The van der Waals surface area contributed by atoms with E-state index in [4.69, 9.17) is 0 Å². The molecule has 12 heavy (non-hydrogen) atoms. The maximum absolute atomic E-state index is 3.11. The molecule has 0 aliphatic heterocycles. The molecule has 0 aromatic heterocycles. The molecule has 0 nitrogen and oxygen atoms in total. The van der Waals surface area contributed by atoms with Crippen LogP contribution in [0.25, 0.3) is 0 Å². The van der Waals surface area contributed by atoms with Crippen molar-refractivity contribution in [1.29, 1.82) is 0 Å². The van der Waals surface area contributed by atoms with E-state index in [2.05, 4.69) is 40.6 Å². The fraction of sp³-hybridized carbons (Fsp3) is 1.00. The largest absolute Gasteiger partial charge is 0.106 e. The Labute approximate surface area is 89.4 Å². The summed E-state index contributed by atoms with van der Waals surface area (Å²) in [5, 5.41) is 0. The molecule has 0 radical (unpaired) electrons. The maximum atomic E-state index is 3.11. The van der Waals surface area contributed by atoms with Crippen molar-refractivity contribution >= 4 is 57.0 Å². The van der Waals surface area contributed by atoms with E-state index in [0.29, 0.717) is 6.99 Å². The molecule has 0 amide bonds. The fourth-order valence-electron chi connectivity index (χ4n) is 1.09. The fourth-order valence-corrected chi connectivity index (χ4v) is 40.0. The quantitative estimate of drug-likeness (QED) is 0.580. The lowest BCUT2D eigenvalue weighted by atomic mass is 10.3. The summed E-state index contributed by atoms with van der Waals surface area (Å²) >= 11 is 0. The van der Waals surface area contributed by atoms with Crippen molar-refractivity contribution in [1.82, 2.24) is 0 Å². The van der Waals surface area contributed by atoms with Crippen LogP contribution in [0.3, 0.4) is 0 Å². The second-order valence-corrected chi connectivity index (χ2v) is 25.5. The van der Waals surface area contributed by atoms with E-state index in [1.54, 1.807) is 0 Å². The van der Waals surface area contributed by atoms with E-state index in [1.807, 2.05) is 0 Å². The Morgan fingerprint density at radius 2 is 2.08 bits per heavy atom. The summed E-state index contributed by atoms with van der Waals surface area (Å²) < 4.78 is 0. The second-order valence-electron chi connectivity index (χ2n) is 2.72. The van der Waals surface area contributed by atoms with Gasteiger partial charge in [-0.25, -0.2) is 0 Å². The van der Waals surface area contributed by atoms with Crippen molar-refractivity contribution in [3.05, 3.63) is 0 Å². The summed E-state index contributed by atoms with van der Waals surface area (Å²) in [4.78, 5) is 0. The molecule has 0 fully saturated rings. The minimum Gasteiger partial charge on any atom is -0.106 e. The van der Waals surface area contributed by atoms with E-state index >= 15 is 0 Å². The van der Waals surface area contributed by atoms with E-state index in [-0.39, 0.29) is 7.30 Å². The first-order valence-electron chi connectivity index (χ1n) is 4.01. The van der Waals surface area contributed by atoms with Crippen molar-refractivity contribution in [3.8, 4) is 0 Å². The first kappa shape index (κ1) is 15.0. The van der Waals surface area contributed by atoms with Crippen LogP contribution in [0, 0.1) is 0 Å². The van der Waals surface area contributed by atoms with Crippen LogP contribution in [0.2, 0.25) is 0 Å². The Balaban J connectivity index is 3.94. The van der Waals surface area contributed by atoms with Gasteiger partial charge in [0.2, 0.25) is 0 Å². The zero-order valence-corrected chi connectivity index (χ0v) is 15.0. The summed E-state index contributed by atoms with van der Waals surface area (Å²) in [5.41, 5.74) is 1.02. The van der Waals surface area contributed by atoms with Crippen molar-refractivity contribution < 1.29 is 0 Å². The minimum atomic E-state index is -0.0428. The average molecular weight is 297 g/mol.